The summed E-state index contributed by atoms with van der Waals surface area (Å²) in [6, 6.07) is 12.0. The van der Waals surface area contributed by atoms with E-state index in [2.05, 4.69) is 10.6 Å². The first-order valence-corrected chi connectivity index (χ1v) is 7.51. The first-order valence-electron chi connectivity index (χ1n) is 7.13. The number of rotatable bonds is 5. The maximum atomic E-state index is 11.9. The number of urea groups is 1. The molecule has 1 atom stereocenters. The largest absolute Gasteiger partial charge is 0.497 e. The molecule has 0 spiro atoms. The van der Waals surface area contributed by atoms with E-state index in [9.17, 15) is 9.90 Å². The second-order valence-corrected chi connectivity index (χ2v) is 5.44. The Hall–Kier alpha value is -2.24. The van der Waals surface area contributed by atoms with Crippen molar-refractivity contribution in [2.75, 3.05) is 19.0 Å². The van der Waals surface area contributed by atoms with Crippen LogP contribution in [0.1, 0.15) is 17.2 Å². The topological polar surface area (TPSA) is 70.6 Å². The summed E-state index contributed by atoms with van der Waals surface area (Å²) in [7, 11) is 1.58. The van der Waals surface area contributed by atoms with Gasteiger partial charge in [0.05, 0.1) is 23.9 Å². The van der Waals surface area contributed by atoms with Crippen LogP contribution in [0.5, 0.6) is 5.75 Å². The number of halogens is 1. The molecule has 1 unspecified atom stereocenters. The van der Waals surface area contributed by atoms with Crippen molar-refractivity contribution < 1.29 is 14.6 Å². The summed E-state index contributed by atoms with van der Waals surface area (Å²) in [5.41, 5.74) is 2.10. The number of hydrogen-bond donors (Lipinski definition) is 3. The Balaban J connectivity index is 1.89. The number of carbonyl (C=O) groups excluding carboxylic acids is 1. The Kier molecular flexibility index (Phi) is 5.84. The van der Waals surface area contributed by atoms with Gasteiger partial charge in [0.1, 0.15) is 5.75 Å². The Morgan fingerprint density at radius 1 is 1.26 bits per heavy atom. The molecule has 0 aliphatic carbocycles. The van der Waals surface area contributed by atoms with E-state index in [4.69, 9.17) is 16.3 Å². The first kappa shape index (κ1) is 17.1. The van der Waals surface area contributed by atoms with Crippen molar-refractivity contribution >= 4 is 23.3 Å². The summed E-state index contributed by atoms with van der Waals surface area (Å²) in [5.74, 6) is 0.709. The van der Waals surface area contributed by atoms with Gasteiger partial charge in [-0.15, -0.1) is 0 Å². The second kappa shape index (κ2) is 7.85. The lowest BCUT2D eigenvalue weighted by Crippen LogP contribution is -2.32. The molecule has 0 radical (unpaired) electrons. The molecule has 5 nitrogen and oxygen atoms in total. The average molecular weight is 335 g/mol. The van der Waals surface area contributed by atoms with E-state index in [1.54, 1.807) is 37.4 Å². The molecule has 0 bridgehead atoms. The number of ether oxygens (including phenoxy) is 1. The van der Waals surface area contributed by atoms with Crippen LogP contribution in [0.25, 0.3) is 0 Å². The van der Waals surface area contributed by atoms with Gasteiger partial charge in [-0.25, -0.2) is 4.79 Å². The van der Waals surface area contributed by atoms with Crippen molar-refractivity contribution in [1.82, 2.24) is 5.32 Å². The molecule has 23 heavy (non-hydrogen) atoms. The third kappa shape index (κ3) is 4.61. The van der Waals surface area contributed by atoms with Crippen molar-refractivity contribution in [2.24, 2.45) is 0 Å². The molecule has 3 N–H and O–H groups in total. The van der Waals surface area contributed by atoms with Crippen molar-refractivity contribution in [2.45, 2.75) is 13.0 Å². The minimum atomic E-state index is -0.806. The van der Waals surface area contributed by atoms with Crippen molar-refractivity contribution in [3.63, 3.8) is 0 Å². The zero-order valence-electron chi connectivity index (χ0n) is 13.0. The molecule has 2 aromatic carbocycles. The predicted molar refractivity (Wildman–Crippen MR) is 91.2 cm³/mol. The maximum Gasteiger partial charge on any atom is 0.319 e. The monoisotopic (exact) mass is 334 g/mol. The van der Waals surface area contributed by atoms with E-state index >= 15 is 0 Å². The van der Waals surface area contributed by atoms with Gasteiger partial charge in [-0.1, -0.05) is 35.9 Å². The van der Waals surface area contributed by atoms with E-state index in [0.717, 1.165) is 5.56 Å². The Morgan fingerprint density at radius 3 is 2.61 bits per heavy atom. The lowest BCUT2D eigenvalue weighted by atomic mass is 10.1. The number of hydrogen-bond acceptors (Lipinski definition) is 3. The van der Waals surface area contributed by atoms with E-state index in [-0.39, 0.29) is 6.54 Å². The number of methoxy groups -OCH3 is 1. The quantitative estimate of drug-likeness (QED) is 0.783. The van der Waals surface area contributed by atoms with Crippen LogP contribution in [-0.2, 0) is 0 Å². The number of amides is 2. The Morgan fingerprint density at radius 2 is 1.96 bits per heavy atom. The molecule has 6 heteroatoms. The molecular formula is C17H19ClN2O3. The summed E-state index contributed by atoms with van der Waals surface area (Å²) >= 11 is 6.12. The first-order chi connectivity index (χ1) is 11.0. The smallest absolute Gasteiger partial charge is 0.319 e. The van der Waals surface area contributed by atoms with E-state index in [1.807, 2.05) is 19.1 Å². The minimum absolute atomic E-state index is 0.0849. The summed E-state index contributed by atoms with van der Waals surface area (Å²) in [6.45, 7) is 1.94. The van der Waals surface area contributed by atoms with Gasteiger partial charge >= 0.3 is 6.03 Å². The van der Waals surface area contributed by atoms with Gasteiger partial charge in [0.25, 0.3) is 0 Å². The number of aliphatic hydroxyl groups is 1. The predicted octanol–water partition coefficient (Wildman–Crippen LogP) is 3.51. The van der Waals surface area contributed by atoms with Gasteiger partial charge in [0.15, 0.2) is 0 Å². The molecule has 0 aliphatic heterocycles. The molecule has 0 aromatic heterocycles. The lowest BCUT2D eigenvalue weighted by Gasteiger charge is -2.14. The highest BCUT2D eigenvalue weighted by Gasteiger charge is 2.11. The number of aliphatic hydroxyl groups excluding tert-OH is 1. The normalized spacial score (nSPS) is 11.7. The molecule has 0 saturated heterocycles. The van der Waals surface area contributed by atoms with Crippen LogP contribution < -0.4 is 15.4 Å². The van der Waals surface area contributed by atoms with Gasteiger partial charge in [-0.05, 0) is 36.2 Å². The fraction of sp³-hybridized carbons (Fsp3) is 0.235. The fourth-order valence-electron chi connectivity index (χ4n) is 2.04. The highest BCUT2D eigenvalue weighted by molar-refractivity contribution is 6.34. The SMILES string of the molecule is COc1ccc(C(O)CNC(=O)Nc2cccc(C)c2Cl)cc1. The standard InChI is InChI=1S/C17H19ClN2O3/c1-11-4-3-5-14(16(11)18)20-17(22)19-10-15(21)12-6-8-13(23-2)9-7-12/h3-9,15,21H,10H2,1-2H3,(H2,19,20,22). The van der Waals surface area contributed by atoms with Crippen LogP contribution in [0.15, 0.2) is 42.5 Å². The lowest BCUT2D eigenvalue weighted by molar-refractivity contribution is 0.175. The third-order valence-electron chi connectivity index (χ3n) is 3.40. The summed E-state index contributed by atoms with van der Waals surface area (Å²) in [4.78, 5) is 11.9. The van der Waals surface area contributed by atoms with Crippen molar-refractivity contribution in [1.29, 1.82) is 0 Å². The summed E-state index contributed by atoms with van der Waals surface area (Å²) in [5, 5.41) is 15.9. The molecule has 0 aliphatic rings. The highest BCUT2D eigenvalue weighted by atomic mass is 35.5. The van der Waals surface area contributed by atoms with Crippen LogP contribution in [0.4, 0.5) is 10.5 Å². The van der Waals surface area contributed by atoms with E-state index in [1.165, 1.54) is 0 Å². The van der Waals surface area contributed by atoms with Gasteiger partial charge < -0.3 is 20.5 Å². The highest BCUT2D eigenvalue weighted by Crippen LogP contribution is 2.25. The molecule has 2 amide bonds. The number of anilines is 1. The van der Waals surface area contributed by atoms with Crippen molar-refractivity contribution in [3.8, 4) is 5.75 Å². The number of benzene rings is 2. The molecule has 2 rings (SSSR count). The second-order valence-electron chi connectivity index (χ2n) is 5.06. The molecule has 2 aromatic rings. The van der Waals surface area contributed by atoms with Crippen LogP contribution >= 0.6 is 11.6 Å². The van der Waals surface area contributed by atoms with Gasteiger partial charge in [-0.2, -0.15) is 0 Å². The van der Waals surface area contributed by atoms with Gasteiger partial charge in [0, 0.05) is 6.54 Å². The fourth-order valence-corrected chi connectivity index (χ4v) is 2.22. The van der Waals surface area contributed by atoms with Crippen LogP contribution in [0.2, 0.25) is 5.02 Å². The molecule has 0 fully saturated rings. The van der Waals surface area contributed by atoms with E-state index in [0.29, 0.717) is 22.0 Å². The number of nitrogens with one attached hydrogen (secondary N) is 2. The van der Waals surface area contributed by atoms with Gasteiger partial charge in [-0.3, -0.25) is 0 Å². The molecule has 0 saturated carbocycles. The summed E-state index contributed by atoms with van der Waals surface area (Å²) < 4.78 is 5.06. The Labute approximate surface area is 140 Å². The van der Waals surface area contributed by atoms with Crippen molar-refractivity contribution in [3.05, 3.63) is 58.6 Å². The molecular weight excluding hydrogens is 316 g/mol. The van der Waals surface area contributed by atoms with Crippen LogP contribution in [0.3, 0.4) is 0 Å². The summed E-state index contributed by atoms with van der Waals surface area (Å²) in [6.07, 6.45) is -0.806. The number of carbonyl (C=O) groups is 1. The third-order valence-corrected chi connectivity index (χ3v) is 3.90. The van der Waals surface area contributed by atoms with E-state index < -0.39 is 12.1 Å². The van der Waals surface area contributed by atoms with Crippen LogP contribution in [-0.4, -0.2) is 24.8 Å². The average Bonchev–Trinajstić information content (AvgIpc) is 2.57. The Bertz CT molecular complexity index is 674. The van der Waals surface area contributed by atoms with Crippen LogP contribution in [0, 0.1) is 6.92 Å². The van der Waals surface area contributed by atoms with Gasteiger partial charge in [0.2, 0.25) is 0 Å². The molecule has 122 valence electrons. The zero-order chi connectivity index (χ0) is 16.8. The number of aryl methyl sites for hydroxylation is 1. The molecule has 0 heterocycles. The zero-order valence-corrected chi connectivity index (χ0v) is 13.7. The maximum absolute atomic E-state index is 11.9. The minimum Gasteiger partial charge on any atom is -0.497 e.